The van der Waals surface area contributed by atoms with Crippen molar-refractivity contribution in [3.63, 3.8) is 0 Å². The van der Waals surface area contributed by atoms with Crippen LogP contribution in [-0.2, 0) is 11.3 Å². The second-order valence-corrected chi connectivity index (χ2v) is 6.66. The van der Waals surface area contributed by atoms with E-state index in [0.29, 0.717) is 12.6 Å². The molecule has 6 nitrogen and oxygen atoms in total. The SMILES string of the molecule is Fc1cnc(N[C@@H]2CO[C@]3(CCCN(Cc4ccco4)C3)C2)nc1. The fourth-order valence-corrected chi connectivity index (χ4v) is 3.74. The Bertz CT molecular complexity index is 664. The van der Waals surface area contributed by atoms with E-state index in [2.05, 4.69) is 20.2 Å². The van der Waals surface area contributed by atoms with Gasteiger partial charge in [0.15, 0.2) is 5.82 Å². The van der Waals surface area contributed by atoms with E-state index < -0.39 is 5.82 Å². The Morgan fingerprint density at radius 3 is 3.04 bits per heavy atom. The van der Waals surface area contributed by atoms with Crippen molar-refractivity contribution in [2.45, 2.75) is 37.5 Å². The normalized spacial score (nSPS) is 27.6. The van der Waals surface area contributed by atoms with Crippen molar-refractivity contribution in [1.29, 1.82) is 0 Å². The fraction of sp³-hybridized carbons (Fsp3) is 0.529. The molecule has 2 fully saturated rings. The van der Waals surface area contributed by atoms with Gasteiger partial charge < -0.3 is 14.5 Å². The fourth-order valence-electron chi connectivity index (χ4n) is 3.74. The Kier molecular flexibility index (Phi) is 4.20. The number of hydrogen-bond donors (Lipinski definition) is 1. The summed E-state index contributed by atoms with van der Waals surface area (Å²) in [7, 11) is 0. The summed E-state index contributed by atoms with van der Waals surface area (Å²) in [6.45, 7) is 3.40. The van der Waals surface area contributed by atoms with Crippen molar-refractivity contribution in [3.05, 3.63) is 42.4 Å². The first kappa shape index (κ1) is 15.5. The lowest BCUT2D eigenvalue weighted by Gasteiger charge is -2.39. The monoisotopic (exact) mass is 332 g/mol. The van der Waals surface area contributed by atoms with Crippen LogP contribution in [0, 0.1) is 5.82 Å². The molecule has 4 heterocycles. The van der Waals surface area contributed by atoms with Crippen molar-refractivity contribution in [1.82, 2.24) is 14.9 Å². The second kappa shape index (κ2) is 6.49. The number of aromatic nitrogens is 2. The minimum Gasteiger partial charge on any atom is -0.468 e. The van der Waals surface area contributed by atoms with Crippen LogP contribution in [0.15, 0.2) is 35.2 Å². The van der Waals surface area contributed by atoms with Crippen molar-refractivity contribution in [2.75, 3.05) is 25.0 Å². The number of hydrogen-bond acceptors (Lipinski definition) is 6. The summed E-state index contributed by atoms with van der Waals surface area (Å²) in [6.07, 6.45) is 7.13. The number of rotatable bonds is 4. The van der Waals surface area contributed by atoms with Crippen LogP contribution in [-0.4, -0.2) is 46.2 Å². The number of ether oxygens (including phenoxy) is 1. The Labute approximate surface area is 140 Å². The molecule has 0 saturated carbocycles. The Hall–Kier alpha value is -1.99. The van der Waals surface area contributed by atoms with Crippen LogP contribution in [0.5, 0.6) is 0 Å². The van der Waals surface area contributed by atoms with Gasteiger partial charge in [-0.2, -0.15) is 0 Å². The molecular formula is C17H21FN4O2. The highest BCUT2D eigenvalue weighted by Gasteiger charge is 2.43. The summed E-state index contributed by atoms with van der Waals surface area (Å²) < 4.78 is 24.5. The maximum Gasteiger partial charge on any atom is 0.223 e. The highest BCUT2D eigenvalue weighted by atomic mass is 19.1. The van der Waals surface area contributed by atoms with E-state index in [1.165, 1.54) is 12.4 Å². The molecule has 2 atom stereocenters. The zero-order chi connectivity index (χ0) is 16.4. The van der Waals surface area contributed by atoms with Crippen LogP contribution in [0.2, 0.25) is 0 Å². The molecule has 0 bridgehead atoms. The largest absolute Gasteiger partial charge is 0.468 e. The zero-order valence-electron chi connectivity index (χ0n) is 13.4. The molecule has 1 spiro atoms. The van der Waals surface area contributed by atoms with Gasteiger partial charge in [0, 0.05) is 13.0 Å². The molecule has 0 amide bonds. The van der Waals surface area contributed by atoms with Crippen molar-refractivity contribution in [3.8, 4) is 0 Å². The first-order valence-corrected chi connectivity index (χ1v) is 8.34. The maximum absolute atomic E-state index is 12.9. The van der Waals surface area contributed by atoms with Gasteiger partial charge in [-0.3, -0.25) is 4.90 Å². The number of halogens is 1. The minimum absolute atomic E-state index is 0.122. The van der Waals surface area contributed by atoms with E-state index in [9.17, 15) is 4.39 Å². The number of nitrogens with one attached hydrogen (secondary N) is 1. The Morgan fingerprint density at radius 2 is 2.25 bits per heavy atom. The van der Waals surface area contributed by atoms with Gasteiger partial charge in [-0.05, 0) is 31.5 Å². The van der Waals surface area contributed by atoms with Gasteiger partial charge in [-0.15, -0.1) is 0 Å². The predicted octanol–water partition coefficient (Wildman–Crippen LogP) is 2.44. The third-order valence-corrected chi connectivity index (χ3v) is 4.74. The molecule has 0 radical (unpaired) electrons. The maximum atomic E-state index is 12.9. The van der Waals surface area contributed by atoms with Crippen LogP contribution in [0.1, 0.15) is 25.0 Å². The number of furan rings is 1. The van der Waals surface area contributed by atoms with Crippen molar-refractivity contribution >= 4 is 5.95 Å². The molecule has 7 heteroatoms. The molecular weight excluding hydrogens is 311 g/mol. The molecule has 2 aromatic rings. The van der Waals surface area contributed by atoms with Crippen LogP contribution in [0.25, 0.3) is 0 Å². The molecule has 0 aromatic carbocycles. The van der Waals surface area contributed by atoms with Gasteiger partial charge in [0.05, 0.1) is 43.5 Å². The standard InChI is InChI=1S/C17H21FN4O2/c18-13-8-19-16(20-9-13)21-14-7-17(24-11-14)4-2-5-22(12-17)10-15-3-1-6-23-15/h1,3,6,8-9,14H,2,4-5,7,10-12H2,(H,19,20,21)/t14-,17+/m0/s1. The third kappa shape index (κ3) is 3.42. The smallest absolute Gasteiger partial charge is 0.223 e. The van der Waals surface area contributed by atoms with Gasteiger partial charge in [0.1, 0.15) is 5.76 Å². The van der Waals surface area contributed by atoms with E-state index in [1.807, 2.05) is 12.1 Å². The molecule has 0 unspecified atom stereocenters. The lowest BCUT2D eigenvalue weighted by Crippen LogP contribution is -2.47. The number of piperidine rings is 1. The summed E-state index contributed by atoms with van der Waals surface area (Å²) >= 11 is 0. The summed E-state index contributed by atoms with van der Waals surface area (Å²) in [6, 6.07) is 4.08. The second-order valence-electron chi connectivity index (χ2n) is 6.66. The topological polar surface area (TPSA) is 63.4 Å². The molecule has 2 aromatic heterocycles. The highest BCUT2D eigenvalue weighted by Crippen LogP contribution is 2.36. The molecule has 4 rings (SSSR count). The van der Waals surface area contributed by atoms with Crippen LogP contribution < -0.4 is 5.32 Å². The Morgan fingerprint density at radius 1 is 1.38 bits per heavy atom. The van der Waals surface area contributed by atoms with Gasteiger partial charge in [-0.1, -0.05) is 0 Å². The molecule has 1 N–H and O–H groups in total. The third-order valence-electron chi connectivity index (χ3n) is 4.74. The molecule has 2 aliphatic rings. The quantitative estimate of drug-likeness (QED) is 0.928. The number of anilines is 1. The van der Waals surface area contributed by atoms with Gasteiger partial charge in [0.25, 0.3) is 0 Å². The van der Waals surface area contributed by atoms with E-state index in [1.54, 1.807) is 6.26 Å². The van der Waals surface area contributed by atoms with E-state index in [4.69, 9.17) is 9.15 Å². The van der Waals surface area contributed by atoms with E-state index >= 15 is 0 Å². The highest BCUT2D eigenvalue weighted by molar-refractivity contribution is 5.25. The first-order chi connectivity index (χ1) is 11.7. The minimum atomic E-state index is -0.430. The predicted molar refractivity (Wildman–Crippen MR) is 85.9 cm³/mol. The number of nitrogens with zero attached hydrogens (tertiary/aromatic N) is 3. The molecule has 2 saturated heterocycles. The van der Waals surface area contributed by atoms with E-state index in [0.717, 1.165) is 44.7 Å². The van der Waals surface area contributed by atoms with Gasteiger partial charge >= 0.3 is 0 Å². The first-order valence-electron chi connectivity index (χ1n) is 8.34. The van der Waals surface area contributed by atoms with Gasteiger partial charge in [0.2, 0.25) is 5.95 Å². The summed E-state index contributed by atoms with van der Waals surface area (Å²) in [5, 5.41) is 3.25. The molecule has 0 aliphatic carbocycles. The molecule has 128 valence electrons. The van der Waals surface area contributed by atoms with Crippen molar-refractivity contribution < 1.29 is 13.5 Å². The average Bonchev–Trinajstić information content (AvgIpc) is 3.21. The van der Waals surface area contributed by atoms with E-state index in [-0.39, 0.29) is 11.6 Å². The van der Waals surface area contributed by atoms with Crippen LogP contribution >= 0.6 is 0 Å². The zero-order valence-corrected chi connectivity index (χ0v) is 13.4. The van der Waals surface area contributed by atoms with Crippen molar-refractivity contribution in [2.24, 2.45) is 0 Å². The lowest BCUT2D eigenvalue weighted by molar-refractivity contribution is -0.0544. The number of likely N-dealkylation sites (tertiary alicyclic amines) is 1. The lowest BCUT2D eigenvalue weighted by atomic mass is 9.88. The average molecular weight is 332 g/mol. The molecule has 2 aliphatic heterocycles. The van der Waals surface area contributed by atoms with Crippen LogP contribution in [0.3, 0.4) is 0 Å². The summed E-state index contributed by atoms with van der Waals surface area (Å²) in [4.78, 5) is 10.3. The summed E-state index contributed by atoms with van der Waals surface area (Å²) in [5.41, 5.74) is -0.122. The van der Waals surface area contributed by atoms with Crippen LogP contribution in [0.4, 0.5) is 10.3 Å². The Balaban J connectivity index is 1.36. The molecule has 24 heavy (non-hydrogen) atoms. The summed E-state index contributed by atoms with van der Waals surface area (Å²) in [5.74, 6) is 1.00. The van der Waals surface area contributed by atoms with Gasteiger partial charge in [-0.25, -0.2) is 14.4 Å².